The van der Waals surface area contributed by atoms with Crippen LogP contribution >= 0.6 is 11.3 Å². The number of anilines is 1. The molecule has 86 valence electrons. The molecule has 2 rings (SSSR count). The lowest BCUT2D eigenvalue weighted by atomic mass is 9.99. The second-order valence-electron chi connectivity index (χ2n) is 4.75. The van der Waals surface area contributed by atoms with Gasteiger partial charge in [-0.15, -0.1) is 11.3 Å². The highest BCUT2D eigenvalue weighted by Crippen LogP contribution is 2.28. The molecule has 0 saturated carbocycles. The highest BCUT2D eigenvalue weighted by atomic mass is 32.1. The molecule has 0 aromatic carbocycles. The summed E-state index contributed by atoms with van der Waals surface area (Å²) in [4.78, 5) is 4.44. The van der Waals surface area contributed by atoms with Crippen molar-refractivity contribution in [2.24, 2.45) is 0 Å². The molecular formula is C13H18N2S. The third-order valence-electron chi connectivity index (χ3n) is 2.71. The van der Waals surface area contributed by atoms with E-state index in [1.807, 2.05) is 6.20 Å². The van der Waals surface area contributed by atoms with Gasteiger partial charge in [0.25, 0.3) is 0 Å². The number of thiophene rings is 1. The van der Waals surface area contributed by atoms with Crippen LogP contribution in [0.4, 0.5) is 5.82 Å². The van der Waals surface area contributed by atoms with Crippen molar-refractivity contribution in [2.45, 2.75) is 39.2 Å². The number of rotatable bonds is 4. The Balaban J connectivity index is 2.30. The standard InChI is InChI=1S/C13H18N2S/c1-4-7-13(2,3)15-12-10-6-9-16-11(10)5-8-14-12/h5-6,8-9H,4,7H2,1-3H3,(H,14,15). The van der Waals surface area contributed by atoms with Gasteiger partial charge < -0.3 is 5.32 Å². The number of hydrogen-bond donors (Lipinski definition) is 1. The molecule has 3 heteroatoms. The Hall–Kier alpha value is -1.09. The smallest absolute Gasteiger partial charge is 0.135 e. The Labute approximate surface area is 101 Å². The first-order valence-electron chi connectivity index (χ1n) is 5.73. The monoisotopic (exact) mass is 234 g/mol. The molecule has 2 aromatic rings. The van der Waals surface area contributed by atoms with Crippen LogP contribution in [0, 0.1) is 0 Å². The third-order valence-corrected chi connectivity index (χ3v) is 3.59. The number of nitrogens with one attached hydrogen (secondary N) is 1. The van der Waals surface area contributed by atoms with Crippen LogP contribution in [0.25, 0.3) is 10.1 Å². The summed E-state index contributed by atoms with van der Waals surface area (Å²) < 4.78 is 1.30. The lowest BCUT2D eigenvalue weighted by molar-refractivity contribution is 0.510. The van der Waals surface area contributed by atoms with Crippen LogP contribution in [0.3, 0.4) is 0 Å². The van der Waals surface area contributed by atoms with Crippen LogP contribution in [0.15, 0.2) is 23.7 Å². The highest BCUT2D eigenvalue weighted by Gasteiger charge is 2.17. The Bertz CT molecular complexity index is 473. The highest BCUT2D eigenvalue weighted by molar-refractivity contribution is 7.17. The molecule has 0 amide bonds. The van der Waals surface area contributed by atoms with Gasteiger partial charge in [0.05, 0.1) is 0 Å². The van der Waals surface area contributed by atoms with E-state index in [9.17, 15) is 0 Å². The molecule has 0 aliphatic rings. The van der Waals surface area contributed by atoms with Crippen molar-refractivity contribution in [1.29, 1.82) is 0 Å². The average Bonchev–Trinajstić information content (AvgIpc) is 2.65. The predicted molar refractivity (Wildman–Crippen MR) is 72.2 cm³/mol. The van der Waals surface area contributed by atoms with Crippen molar-refractivity contribution < 1.29 is 0 Å². The van der Waals surface area contributed by atoms with E-state index in [2.05, 4.69) is 48.6 Å². The summed E-state index contributed by atoms with van der Waals surface area (Å²) in [5, 5.41) is 6.89. The van der Waals surface area contributed by atoms with Crippen molar-refractivity contribution in [2.75, 3.05) is 5.32 Å². The third kappa shape index (κ3) is 2.35. The van der Waals surface area contributed by atoms with Crippen LogP contribution in [0.2, 0.25) is 0 Å². The van der Waals surface area contributed by atoms with Crippen LogP contribution in [-0.2, 0) is 0 Å². The molecule has 0 bridgehead atoms. The Morgan fingerprint density at radius 3 is 2.94 bits per heavy atom. The molecule has 0 aliphatic heterocycles. The summed E-state index contributed by atoms with van der Waals surface area (Å²) in [6, 6.07) is 4.20. The fourth-order valence-corrected chi connectivity index (χ4v) is 2.78. The number of fused-ring (bicyclic) bond motifs is 1. The number of pyridine rings is 1. The maximum absolute atomic E-state index is 4.44. The molecule has 1 N–H and O–H groups in total. The molecule has 0 saturated heterocycles. The van der Waals surface area contributed by atoms with E-state index in [4.69, 9.17) is 0 Å². The Morgan fingerprint density at radius 2 is 2.19 bits per heavy atom. The fourth-order valence-electron chi connectivity index (χ4n) is 2.00. The van der Waals surface area contributed by atoms with Crippen LogP contribution < -0.4 is 5.32 Å². The molecule has 0 atom stereocenters. The topological polar surface area (TPSA) is 24.9 Å². The minimum atomic E-state index is 0.109. The maximum Gasteiger partial charge on any atom is 0.135 e. The number of hydrogen-bond acceptors (Lipinski definition) is 3. The summed E-state index contributed by atoms with van der Waals surface area (Å²) in [5.41, 5.74) is 0.109. The van der Waals surface area contributed by atoms with Crippen LogP contribution in [-0.4, -0.2) is 10.5 Å². The quantitative estimate of drug-likeness (QED) is 0.853. The SMILES string of the molecule is CCCC(C)(C)Nc1nccc2sccc12. The first-order chi connectivity index (χ1) is 7.62. The van der Waals surface area contributed by atoms with E-state index in [1.165, 1.54) is 16.5 Å². The van der Waals surface area contributed by atoms with Gasteiger partial charge in [0.1, 0.15) is 5.82 Å². The molecular weight excluding hydrogens is 216 g/mol. The van der Waals surface area contributed by atoms with Crippen molar-refractivity contribution in [3.05, 3.63) is 23.7 Å². The Kier molecular flexibility index (Phi) is 3.15. The average molecular weight is 234 g/mol. The predicted octanol–water partition coefficient (Wildman–Crippen LogP) is 4.29. The summed E-state index contributed by atoms with van der Waals surface area (Å²) >= 11 is 1.76. The van der Waals surface area contributed by atoms with E-state index >= 15 is 0 Å². The zero-order chi connectivity index (χ0) is 11.6. The molecule has 0 aliphatic carbocycles. The fraction of sp³-hybridized carbons (Fsp3) is 0.462. The van der Waals surface area contributed by atoms with Crippen LogP contribution in [0.5, 0.6) is 0 Å². The first-order valence-corrected chi connectivity index (χ1v) is 6.61. The van der Waals surface area contributed by atoms with Crippen molar-refractivity contribution in [3.8, 4) is 0 Å². The van der Waals surface area contributed by atoms with Crippen molar-refractivity contribution >= 4 is 27.2 Å². The van der Waals surface area contributed by atoms with E-state index in [1.54, 1.807) is 11.3 Å². The van der Waals surface area contributed by atoms with Gasteiger partial charge >= 0.3 is 0 Å². The lowest BCUT2D eigenvalue weighted by Gasteiger charge is -2.26. The minimum absolute atomic E-state index is 0.109. The summed E-state index contributed by atoms with van der Waals surface area (Å²) in [6.45, 7) is 6.66. The molecule has 0 fully saturated rings. The van der Waals surface area contributed by atoms with Gasteiger partial charge in [0.2, 0.25) is 0 Å². The number of aromatic nitrogens is 1. The first kappa shape index (κ1) is 11.4. The minimum Gasteiger partial charge on any atom is -0.365 e. The van der Waals surface area contributed by atoms with Gasteiger partial charge in [-0.1, -0.05) is 13.3 Å². The Morgan fingerprint density at radius 1 is 1.38 bits per heavy atom. The maximum atomic E-state index is 4.44. The van der Waals surface area contributed by atoms with E-state index < -0.39 is 0 Å². The van der Waals surface area contributed by atoms with E-state index in [0.717, 1.165) is 12.2 Å². The normalized spacial score (nSPS) is 11.9. The lowest BCUT2D eigenvalue weighted by Crippen LogP contribution is -2.30. The second-order valence-corrected chi connectivity index (χ2v) is 5.70. The summed E-state index contributed by atoms with van der Waals surface area (Å²) in [6.07, 6.45) is 4.21. The molecule has 2 heterocycles. The zero-order valence-corrected chi connectivity index (χ0v) is 10.9. The number of nitrogens with zero attached hydrogens (tertiary/aromatic N) is 1. The van der Waals surface area contributed by atoms with Gasteiger partial charge in [0.15, 0.2) is 0 Å². The van der Waals surface area contributed by atoms with Gasteiger partial charge in [-0.05, 0) is 37.8 Å². The largest absolute Gasteiger partial charge is 0.365 e. The van der Waals surface area contributed by atoms with Gasteiger partial charge in [-0.25, -0.2) is 4.98 Å². The molecule has 0 radical (unpaired) electrons. The summed E-state index contributed by atoms with van der Waals surface area (Å²) in [7, 11) is 0. The van der Waals surface area contributed by atoms with Gasteiger partial charge in [0, 0.05) is 21.8 Å². The second kappa shape index (κ2) is 4.42. The zero-order valence-electron chi connectivity index (χ0n) is 10.1. The van der Waals surface area contributed by atoms with Crippen molar-refractivity contribution in [1.82, 2.24) is 4.98 Å². The molecule has 16 heavy (non-hydrogen) atoms. The molecule has 0 unspecified atom stereocenters. The molecule has 0 spiro atoms. The van der Waals surface area contributed by atoms with Gasteiger partial charge in [-0.3, -0.25) is 0 Å². The molecule has 2 nitrogen and oxygen atoms in total. The molecule has 2 aromatic heterocycles. The summed E-state index contributed by atoms with van der Waals surface area (Å²) in [5.74, 6) is 1.01. The van der Waals surface area contributed by atoms with Crippen molar-refractivity contribution in [3.63, 3.8) is 0 Å². The van der Waals surface area contributed by atoms with E-state index in [-0.39, 0.29) is 5.54 Å². The van der Waals surface area contributed by atoms with Crippen LogP contribution in [0.1, 0.15) is 33.6 Å². The van der Waals surface area contributed by atoms with Gasteiger partial charge in [-0.2, -0.15) is 0 Å². The van der Waals surface area contributed by atoms with E-state index in [0.29, 0.717) is 0 Å².